The van der Waals surface area contributed by atoms with Gasteiger partial charge in [0.1, 0.15) is 55.5 Å². The molecule has 0 aliphatic rings. The normalized spacial score (nSPS) is 12.4. The van der Waals surface area contributed by atoms with Gasteiger partial charge in [0.2, 0.25) is 45.4 Å². The molecule has 0 saturated heterocycles. The van der Waals surface area contributed by atoms with E-state index < -0.39 is 13.7 Å². The molecule has 0 N–H and O–H groups in total. The van der Waals surface area contributed by atoms with E-state index in [1.807, 2.05) is 88.6 Å². The lowest BCUT2D eigenvalue weighted by Crippen LogP contribution is -2.31. The highest BCUT2D eigenvalue weighted by Gasteiger charge is 2.27. The van der Waals surface area contributed by atoms with Crippen LogP contribution in [-0.4, -0.2) is 9.97 Å². The molecule has 0 aliphatic carbocycles. The minimum Gasteiger partial charge on any atom is -0.449 e. The quantitative estimate of drug-likeness (QED) is 0.163. The van der Waals surface area contributed by atoms with Crippen molar-refractivity contribution in [2.45, 2.75) is 70.6 Å². The first-order valence-corrected chi connectivity index (χ1v) is 34.6. The van der Waals surface area contributed by atoms with Crippen molar-refractivity contribution in [2.75, 3.05) is 0 Å². The van der Waals surface area contributed by atoms with Gasteiger partial charge in [-0.15, -0.1) is 0 Å². The summed E-state index contributed by atoms with van der Waals surface area (Å²) in [6.45, 7) is 6.02. The fourth-order valence-electron chi connectivity index (χ4n) is 15.1. The number of nitrogens with zero attached hydrogens (tertiary/aromatic N) is 6. The van der Waals surface area contributed by atoms with Crippen molar-refractivity contribution >= 4 is 132 Å². The summed E-state index contributed by atoms with van der Waals surface area (Å²) in [5.74, 6) is 0. The number of rotatable bonds is 4. The molecule has 0 bridgehead atoms. The van der Waals surface area contributed by atoms with Crippen LogP contribution in [-0.2, 0) is 28.2 Å². The average molecular weight is 1400 g/mol. The highest BCUT2D eigenvalue weighted by Crippen LogP contribution is 2.38. The Balaban J connectivity index is 0.000000123. The Bertz CT molecular complexity index is 7110. The maximum atomic E-state index is 7.65. The van der Waals surface area contributed by atoms with E-state index in [9.17, 15) is 0 Å². The first kappa shape index (κ1) is 63.1. The van der Waals surface area contributed by atoms with E-state index in [0.29, 0.717) is 22.6 Å². The molecule has 0 unspecified atom stereocenters. The number of fused-ring (bicyclic) bond motifs is 17. The zero-order valence-electron chi connectivity index (χ0n) is 64.6. The third-order valence-electron chi connectivity index (χ3n) is 20.4. The van der Waals surface area contributed by atoms with Gasteiger partial charge in [0.15, 0.2) is 5.58 Å². The second-order valence-corrected chi connectivity index (χ2v) is 27.0. The van der Waals surface area contributed by atoms with Crippen LogP contribution in [0.2, 0.25) is 0 Å². The standard InChI is InChI=1S/C24H21N2O.C23H19N2O.2C23H18NO.3CH4/c1-14-6-8-18(16(3)11-14)21-9-10-22-23(26(21)4)19-13-17-7-5-15(2)12-20(17)25-24(19)27-22;1-14-8-9-17(15(2)12-14)20-10-11-21-22(25(20)3)18-13-16-6-4-5-7-19(16)24-23(18)26-21;1-15-7-3-6-10-18(15)21-12-11-19-20-13-16-8-4-5-9-17(16)14-22(20)25-23(19)24(21)2;1-15-7-3-5-9-17(15)19-12-14-21-23(24(19)2)22-18-10-6-4-8-16(18)11-13-20(22)25-21;;;/h5-13H,1-4H3;4-13H,1-3H3;2*3-14H,1-2H3;3*1H4/q4*+1;;;/i2*1D3;;;;;. The Morgan fingerprint density at radius 1 is 0.283 bits per heavy atom. The number of aromatic nitrogens is 6. The Morgan fingerprint density at radius 3 is 1.29 bits per heavy atom. The van der Waals surface area contributed by atoms with Crippen LogP contribution in [0.5, 0.6) is 0 Å². The van der Waals surface area contributed by atoms with Gasteiger partial charge in [0.05, 0.1) is 16.4 Å². The maximum Gasteiger partial charge on any atom is 0.381 e. The van der Waals surface area contributed by atoms with E-state index in [-0.39, 0.29) is 22.3 Å². The third-order valence-corrected chi connectivity index (χ3v) is 20.4. The molecule has 0 atom stereocenters. The molecule has 522 valence electrons. The molecule has 10 aromatic carbocycles. The molecule has 0 fully saturated rings. The van der Waals surface area contributed by atoms with Crippen molar-refractivity contribution < 1.29 is 44.2 Å². The molecule has 10 heterocycles. The molecule has 10 heteroatoms. The SMILES string of the molecule is C.C.C.Cc1ccccc1-c1ccc2c3cc4ccccc4cc3oc2[n+]1C.Cc1ccccc1-c1ccc2oc3ccc4ccccc4c3c2[n+]1C.[2H]C([2H])([2H])c1ccc(-c2ccc3oc4nc5cc(C)ccc5cc4c3[n+]2C)c(C)c1.[2H]C([2H])([2H])c1ccc(-c2ccc3oc4nc5ccccc5cc4c3[n+]2C)c(C)c1. The molecule has 0 radical (unpaired) electrons. The minimum atomic E-state index is -2.11. The Hall–Kier alpha value is -12.7. The second kappa shape index (κ2) is 28.2. The highest BCUT2D eigenvalue weighted by atomic mass is 16.4. The number of hydrogen-bond acceptors (Lipinski definition) is 6. The Labute approximate surface area is 626 Å². The van der Waals surface area contributed by atoms with E-state index in [2.05, 4.69) is 234 Å². The molecule has 10 nitrogen and oxygen atoms in total. The number of para-hydroxylation sites is 1. The second-order valence-electron chi connectivity index (χ2n) is 27.0. The van der Waals surface area contributed by atoms with E-state index in [1.165, 1.54) is 60.3 Å². The Kier molecular flexibility index (Phi) is 16.8. The van der Waals surface area contributed by atoms with Gasteiger partial charge in [0.25, 0.3) is 16.6 Å². The number of hydrogen-bond donors (Lipinski definition) is 0. The molecular weight excluding hydrogens is 1300 g/mol. The minimum absolute atomic E-state index is 0. The van der Waals surface area contributed by atoms with Crippen LogP contribution >= 0.6 is 0 Å². The molecule has 20 aromatic rings. The van der Waals surface area contributed by atoms with Crippen LogP contribution in [0.25, 0.3) is 177 Å². The lowest BCUT2D eigenvalue weighted by molar-refractivity contribution is -0.640. The fourth-order valence-corrected chi connectivity index (χ4v) is 15.1. The predicted molar refractivity (Wildman–Crippen MR) is 440 cm³/mol. The van der Waals surface area contributed by atoms with Crippen molar-refractivity contribution in [1.82, 2.24) is 9.97 Å². The fraction of sp³-hybridized carbons (Fsp3) is 0.146. The lowest BCUT2D eigenvalue weighted by atomic mass is 10.0. The summed E-state index contributed by atoms with van der Waals surface area (Å²) in [6, 6.07) is 88.0. The van der Waals surface area contributed by atoms with Crippen molar-refractivity contribution in [2.24, 2.45) is 28.2 Å². The maximum absolute atomic E-state index is 7.65. The van der Waals surface area contributed by atoms with E-state index in [1.54, 1.807) is 24.3 Å². The topological polar surface area (TPSA) is 93.9 Å². The molecular formula is C96H88N6O4+4. The van der Waals surface area contributed by atoms with Crippen LogP contribution in [0.3, 0.4) is 0 Å². The molecule has 10 aromatic heterocycles. The van der Waals surface area contributed by atoms with Crippen molar-refractivity contribution in [3.05, 3.63) is 300 Å². The van der Waals surface area contributed by atoms with Gasteiger partial charge < -0.3 is 17.7 Å². The Morgan fingerprint density at radius 2 is 0.717 bits per heavy atom. The summed E-state index contributed by atoms with van der Waals surface area (Å²) >= 11 is 0. The summed E-state index contributed by atoms with van der Waals surface area (Å²) in [5, 5.41) is 12.5. The predicted octanol–water partition coefficient (Wildman–Crippen LogP) is 23.8. The number of aryl methyl sites for hydroxylation is 11. The van der Waals surface area contributed by atoms with Gasteiger partial charge in [-0.1, -0.05) is 179 Å². The number of benzene rings is 10. The first-order chi connectivity index (χ1) is 52.5. The van der Waals surface area contributed by atoms with E-state index in [4.69, 9.17) is 30.9 Å². The first-order valence-electron chi connectivity index (χ1n) is 37.6. The van der Waals surface area contributed by atoms with Gasteiger partial charge in [-0.05, 0) is 189 Å². The zero-order valence-corrected chi connectivity index (χ0v) is 58.6. The average Bonchev–Trinajstić information content (AvgIpc) is 1.59. The summed E-state index contributed by atoms with van der Waals surface area (Å²) in [4.78, 5) is 9.41. The lowest BCUT2D eigenvalue weighted by Gasteiger charge is -2.06. The van der Waals surface area contributed by atoms with Gasteiger partial charge >= 0.3 is 5.71 Å². The van der Waals surface area contributed by atoms with Gasteiger partial charge in [-0.2, -0.15) is 18.3 Å². The monoisotopic (exact) mass is 1390 g/mol. The summed E-state index contributed by atoms with van der Waals surface area (Å²) < 4.78 is 79.0. The third kappa shape index (κ3) is 12.3. The molecule has 106 heavy (non-hydrogen) atoms. The van der Waals surface area contributed by atoms with Gasteiger partial charge in [-0.3, -0.25) is 0 Å². The van der Waals surface area contributed by atoms with Crippen LogP contribution < -0.4 is 18.3 Å². The van der Waals surface area contributed by atoms with Gasteiger partial charge in [-0.25, -0.2) is 9.97 Å². The van der Waals surface area contributed by atoms with Crippen molar-refractivity contribution in [3.63, 3.8) is 0 Å². The van der Waals surface area contributed by atoms with Crippen LogP contribution in [0.15, 0.2) is 279 Å². The van der Waals surface area contributed by atoms with Gasteiger partial charge in [0, 0.05) is 70.9 Å². The molecule has 0 saturated carbocycles. The number of pyridine rings is 6. The van der Waals surface area contributed by atoms with Crippen LogP contribution in [0.4, 0.5) is 0 Å². The highest BCUT2D eigenvalue weighted by molar-refractivity contribution is 6.17. The summed E-state index contributed by atoms with van der Waals surface area (Å²) in [6.07, 6.45) is 0. The zero-order chi connectivity index (χ0) is 75.5. The molecule has 20 rings (SSSR count). The van der Waals surface area contributed by atoms with Crippen LogP contribution in [0.1, 0.15) is 69.4 Å². The summed E-state index contributed by atoms with van der Waals surface area (Å²) in [5.41, 5.74) is 26.4. The van der Waals surface area contributed by atoms with Crippen molar-refractivity contribution in [1.29, 1.82) is 0 Å². The number of furan rings is 4. The van der Waals surface area contributed by atoms with E-state index in [0.717, 1.165) is 133 Å². The largest absolute Gasteiger partial charge is 0.449 e. The molecule has 0 amide bonds. The molecule has 0 spiro atoms. The smallest absolute Gasteiger partial charge is 0.381 e. The van der Waals surface area contributed by atoms with Crippen LogP contribution in [0, 0.1) is 48.3 Å². The summed E-state index contributed by atoms with van der Waals surface area (Å²) in [7, 11) is 8.20. The van der Waals surface area contributed by atoms with E-state index >= 15 is 0 Å². The van der Waals surface area contributed by atoms with Crippen molar-refractivity contribution in [3.8, 4) is 45.0 Å². The molecule has 0 aliphatic heterocycles.